The highest BCUT2D eigenvalue weighted by Gasteiger charge is 2.17. The van der Waals surface area contributed by atoms with Crippen molar-refractivity contribution < 1.29 is 14.4 Å². The first-order valence-electron chi connectivity index (χ1n) is 5.32. The Kier molecular flexibility index (Phi) is 4.30. The van der Waals surface area contributed by atoms with Crippen LogP contribution in [0.1, 0.15) is 10.4 Å². The van der Waals surface area contributed by atoms with E-state index in [1.165, 1.54) is 23.1 Å². The zero-order valence-corrected chi connectivity index (χ0v) is 10.1. The number of hydrogen-bond acceptors (Lipinski definition) is 5. The van der Waals surface area contributed by atoms with Gasteiger partial charge in [-0.1, -0.05) is 6.07 Å². The number of nitrogens with zero attached hydrogens (tertiary/aromatic N) is 1. The Morgan fingerprint density at radius 3 is 1.95 bits per heavy atom. The highest BCUT2D eigenvalue weighted by Crippen LogP contribution is 2.26. The Morgan fingerprint density at radius 2 is 1.53 bits per heavy atom. The largest absolute Gasteiger partial charge is 0.396 e. The molecule has 102 valence electrons. The molecule has 0 fully saturated rings. The predicted octanol–water partition coefficient (Wildman–Crippen LogP) is -1.86. The highest BCUT2D eigenvalue weighted by atomic mass is 16.2. The number of anilines is 2. The number of amides is 3. The van der Waals surface area contributed by atoms with E-state index in [4.69, 9.17) is 22.9 Å². The van der Waals surface area contributed by atoms with Gasteiger partial charge in [-0.15, -0.1) is 0 Å². The van der Waals surface area contributed by atoms with E-state index in [9.17, 15) is 14.4 Å². The monoisotopic (exact) mass is 265 g/mol. The standard InChI is InChI=1S/C11H15N5O3/c12-8(17)4-16(5-9(13)18)7-3-1-2-6(10(7)14)11(15)19/h1-3H,4-5,14H2,(H2,12,17)(H2,13,18)(H2,15,19). The molecule has 19 heavy (non-hydrogen) atoms. The maximum Gasteiger partial charge on any atom is 0.250 e. The molecule has 0 unspecified atom stereocenters. The summed E-state index contributed by atoms with van der Waals surface area (Å²) in [4.78, 5) is 34.4. The van der Waals surface area contributed by atoms with Gasteiger partial charge in [0.05, 0.1) is 30.0 Å². The van der Waals surface area contributed by atoms with Crippen LogP contribution in [0.5, 0.6) is 0 Å². The molecule has 1 aromatic carbocycles. The molecule has 1 aromatic rings. The Morgan fingerprint density at radius 1 is 1.00 bits per heavy atom. The average Bonchev–Trinajstić information content (AvgIpc) is 2.26. The Labute approximate surface area is 109 Å². The molecule has 8 nitrogen and oxygen atoms in total. The van der Waals surface area contributed by atoms with Crippen LogP contribution in [-0.2, 0) is 9.59 Å². The Bertz CT molecular complexity index is 513. The maximum atomic E-state index is 11.2. The van der Waals surface area contributed by atoms with Gasteiger partial charge in [-0.25, -0.2) is 0 Å². The fourth-order valence-corrected chi connectivity index (χ4v) is 1.65. The van der Waals surface area contributed by atoms with E-state index >= 15 is 0 Å². The second-order valence-electron chi connectivity index (χ2n) is 3.89. The van der Waals surface area contributed by atoms with Crippen molar-refractivity contribution in [1.82, 2.24) is 0 Å². The lowest BCUT2D eigenvalue weighted by Crippen LogP contribution is -2.40. The van der Waals surface area contributed by atoms with E-state index in [0.717, 1.165) is 0 Å². The maximum absolute atomic E-state index is 11.2. The molecule has 8 N–H and O–H groups in total. The lowest BCUT2D eigenvalue weighted by molar-refractivity contribution is -0.117. The molecule has 0 bridgehead atoms. The van der Waals surface area contributed by atoms with E-state index in [1.807, 2.05) is 0 Å². The minimum absolute atomic E-state index is 0.0671. The van der Waals surface area contributed by atoms with Crippen molar-refractivity contribution >= 4 is 29.1 Å². The van der Waals surface area contributed by atoms with Gasteiger partial charge in [0.2, 0.25) is 11.8 Å². The van der Waals surface area contributed by atoms with Gasteiger partial charge in [0.1, 0.15) is 0 Å². The zero-order chi connectivity index (χ0) is 14.6. The SMILES string of the molecule is NC(=O)CN(CC(N)=O)c1cccc(C(N)=O)c1N. The van der Waals surface area contributed by atoms with Crippen molar-refractivity contribution in [3.05, 3.63) is 23.8 Å². The zero-order valence-electron chi connectivity index (χ0n) is 10.1. The molecule has 0 aliphatic heterocycles. The number of para-hydroxylation sites is 1. The van der Waals surface area contributed by atoms with Crippen LogP contribution in [0.15, 0.2) is 18.2 Å². The summed E-state index contributed by atoms with van der Waals surface area (Å²) in [5.41, 5.74) is 21.6. The molecule has 0 radical (unpaired) electrons. The van der Waals surface area contributed by atoms with Crippen LogP contribution in [0, 0.1) is 0 Å². The van der Waals surface area contributed by atoms with Crippen LogP contribution in [-0.4, -0.2) is 30.8 Å². The summed E-state index contributed by atoms with van der Waals surface area (Å²) in [6, 6.07) is 4.50. The third-order valence-corrected chi connectivity index (χ3v) is 2.38. The molecule has 0 saturated carbocycles. The smallest absolute Gasteiger partial charge is 0.250 e. The molecule has 8 heteroatoms. The third-order valence-electron chi connectivity index (χ3n) is 2.38. The van der Waals surface area contributed by atoms with E-state index in [1.54, 1.807) is 0 Å². The number of primary amides is 3. The summed E-state index contributed by atoms with van der Waals surface area (Å²) in [5, 5.41) is 0. The van der Waals surface area contributed by atoms with Crippen molar-refractivity contribution in [2.45, 2.75) is 0 Å². The molecule has 0 atom stereocenters. The van der Waals surface area contributed by atoms with Crippen molar-refractivity contribution in [3.8, 4) is 0 Å². The second-order valence-corrected chi connectivity index (χ2v) is 3.89. The van der Waals surface area contributed by atoms with E-state index in [2.05, 4.69) is 0 Å². The third kappa shape index (κ3) is 3.60. The first-order chi connectivity index (χ1) is 8.82. The molecular formula is C11H15N5O3. The Balaban J connectivity index is 3.21. The van der Waals surface area contributed by atoms with Crippen LogP contribution in [0.3, 0.4) is 0 Å². The molecule has 1 rings (SSSR count). The summed E-state index contributed by atoms with van der Waals surface area (Å²) < 4.78 is 0. The lowest BCUT2D eigenvalue weighted by Gasteiger charge is -2.23. The molecular weight excluding hydrogens is 250 g/mol. The van der Waals surface area contributed by atoms with Crippen molar-refractivity contribution in [3.63, 3.8) is 0 Å². The van der Waals surface area contributed by atoms with Gasteiger partial charge in [-0.2, -0.15) is 0 Å². The average molecular weight is 265 g/mol. The summed E-state index contributed by atoms with van der Waals surface area (Å²) in [7, 11) is 0. The number of carbonyl (C=O) groups is 3. The number of carbonyl (C=O) groups excluding carboxylic acids is 3. The number of rotatable bonds is 6. The number of benzene rings is 1. The molecule has 0 aliphatic rings. The van der Waals surface area contributed by atoms with Gasteiger partial charge < -0.3 is 27.8 Å². The van der Waals surface area contributed by atoms with Gasteiger partial charge >= 0.3 is 0 Å². The molecule has 0 heterocycles. The molecule has 0 spiro atoms. The highest BCUT2D eigenvalue weighted by molar-refractivity contribution is 6.01. The fraction of sp³-hybridized carbons (Fsp3) is 0.182. The van der Waals surface area contributed by atoms with Crippen molar-refractivity contribution in [2.24, 2.45) is 17.2 Å². The van der Waals surface area contributed by atoms with Crippen LogP contribution >= 0.6 is 0 Å². The molecule has 3 amide bonds. The van der Waals surface area contributed by atoms with Gasteiger partial charge in [0, 0.05) is 0 Å². The first-order valence-corrected chi connectivity index (χ1v) is 5.32. The van der Waals surface area contributed by atoms with Gasteiger partial charge in [-0.3, -0.25) is 14.4 Å². The summed E-state index contributed by atoms with van der Waals surface area (Å²) in [6.45, 7) is -0.509. The van der Waals surface area contributed by atoms with Crippen LogP contribution in [0.4, 0.5) is 11.4 Å². The molecule has 0 aromatic heterocycles. The van der Waals surface area contributed by atoms with E-state index < -0.39 is 17.7 Å². The van der Waals surface area contributed by atoms with Gasteiger partial charge in [0.25, 0.3) is 5.91 Å². The minimum atomic E-state index is -0.711. The van der Waals surface area contributed by atoms with Crippen LogP contribution < -0.4 is 27.8 Å². The molecule has 0 saturated heterocycles. The number of nitrogens with two attached hydrogens (primary N) is 4. The Hall–Kier alpha value is -2.77. The quantitative estimate of drug-likeness (QED) is 0.443. The second kappa shape index (κ2) is 5.71. The van der Waals surface area contributed by atoms with E-state index in [0.29, 0.717) is 5.69 Å². The fourth-order valence-electron chi connectivity index (χ4n) is 1.65. The van der Waals surface area contributed by atoms with Crippen LogP contribution in [0.2, 0.25) is 0 Å². The number of nitrogen functional groups attached to an aromatic ring is 1. The summed E-state index contributed by atoms with van der Waals surface area (Å²) in [6.07, 6.45) is 0. The summed E-state index contributed by atoms with van der Waals surface area (Å²) >= 11 is 0. The minimum Gasteiger partial charge on any atom is -0.396 e. The normalized spacial score (nSPS) is 9.89. The van der Waals surface area contributed by atoms with Crippen molar-refractivity contribution in [2.75, 3.05) is 23.7 Å². The van der Waals surface area contributed by atoms with Crippen LogP contribution in [0.25, 0.3) is 0 Å². The topological polar surface area (TPSA) is 159 Å². The first kappa shape index (κ1) is 14.3. The molecule has 0 aliphatic carbocycles. The van der Waals surface area contributed by atoms with Gasteiger partial charge in [-0.05, 0) is 12.1 Å². The predicted molar refractivity (Wildman–Crippen MR) is 70.0 cm³/mol. The van der Waals surface area contributed by atoms with E-state index in [-0.39, 0.29) is 24.3 Å². The summed E-state index contributed by atoms with van der Waals surface area (Å²) in [5.74, 6) is -2.03. The lowest BCUT2D eigenvalue weighted by atomic mass is 10.1. The number of hydrogen-bond donors (Lipinski definition) is 4. The van der Waals surface area contributed by atoms with Crippen molar-refractivity contribution in [1.29, 1.82) is 0 Å². The van der Waals surface area contributed by atoms with Gasteiger partial charge in [0.15, 0.2) is 0 Å².